The van der Waals surface area contributed by atoms with Crippen molar-refractivity contribution < 1.29 is 32.6 Å². The highest BCUT2D eigenvalue weighted by Crippen LogP contribution is 2.36. The predicted molar refractivity (Wildman–Crippen MR) is 122 cm³/mol. The van der Waals surface area contributed by atoms with E-state index in [1.165, 1.54) is 16.5 Å². The SMILES string of the molecule is Cc1c(-c2ccc3c(c2)CCCO3)c(CC(=O)O)n(C)c(=O)c1C(=O)N1CCC(C(F)(F)F)CC1. The molecule has 0 bridgehead atoms. The van der Waals surface area contributed by atoms with Gasteiger partial charge in [0.05, 0.1) is 18.9 Å². The Morgan fingerprint density at radius 3 is 2.51 bits per heavy atom. The first-order valence-electron chi connectivity index (χ1n) is 11.6. The molecule has 0 saturated carbocycles. The number of benzene rings is 1. The summed E-state index contributed by atoms with van der Waals surface area (Å²) in [7, 11) is 1.41. The van der Waals surface area contributed by atoms with Crippen molar-refractivity contribution >= 4 is 11.9 Å². The van der Waals surface area contributed by atoms with Crippen LogP contribution in [0.15, 0.2) is 23.0 Å². The highest BCUT2D eigenvalue weighted by atomic mass is 19.4. The van der Waals surface area contributed by atoms with Gasteiger partial charge >= 0.3 is 12.1 Å². The van der Waals surface area contributed by atoms with Crippen LogP contribution < -0.4 is 10.3 Å². The predicted octanol–water partition coefficient (Wildman–Crippen LogP) is 3.73. The first kappa shape index (κ1) is 24.8. The second-order valence-corrected chi connectivity index (χ2v) is 9.14. The average molecular weight is 492 g/mol. The number of aromatic nitrogens is 1. The number of alkyl halides is 3. The van der Waals surface area contributed by atoms with Gasteiger partial charge in [0.2, 0.25) is 0 Å². The summed E-state index contributed by atoms with van der Waals surface area (Å²) in [6, 6.07) is 5.45. The fourth-order valence-electron chi connectivity index (χ4n) is 5.03. The number of fused-ring (bicyclic) bond motifs is 1. The molecule has 3 heterocycles. The minimum Gasteiger partial charge on any atom is -0.493 e. The van der Waals surface area contributed by atoms with Gasteiger partial charge < -0.3 is 19.3 Å². The van der Waals surface area contributed by atoms with E-state index < -0.39 is 36.0 Å². The third kappa shape index (κ3) is 4.78. The van der Waals surface area contributed by atoms with E-state index in [1.807, 2.05) is 6.07 Å². The normalized spacial score (nSPS) is 16.5. The van der Waals surface area contributed by atoms with Crippen LogP contribution in [0.4, 0.5) is 13.2 Å². The molecule has 188 valence electrons. The summed E-state index contributed by atoms with van der Waals surface area (Å²) in [5.41, 5.74) is 1.85. The van der Waals surface area contributed by atoms with E-state index in [1.54, 1.807) is 19.1 Å². The third-order valence-corrected chi connectivity index (χ3v) is 6.94. The summed E-state index contributed by atoms with van der Waals surface area (Å²) in [6.07, 6.45) is -3.57. The number of ether oxygens (including phenoxy) is 1. The molecule has 1 fully saturated rings. The number of nitrogens with zero attached hydrogens (tertiary/aromatic N) is 2. The number of carboxylic acid groups (broad SMARTS) is 1. The molecule has 1 saturated heterocycles. The molecular weight excluding hydrogens is 465 g/mol. The smallest absolute Gasteiger partial charge is 0.391 e. The number of hydrogen-bond donors (Lipinski definition) is 1. The summed E-state index contributed by atoms with van der Waals surface area (Å²) < 4.78 is 46.0. The highest BCUT2D eigenvalue weighted by molar-refractivity contribution is 5.98. The number of pyridine rings is 1. The van der Waals surface area contributed by atoms with Crippen LogP contribution in [-0.2, 0) is 24.7 Å². The molecule has 1 N–H and O–H groups in total. The fraction of sp³-hybridized carbons (Fsp3) is 0.480. The first-order chi connectivity index (χ1) is 16.5. The maximum Gasteiger partial charge on any atom is 0.391 e. The van der Waals surface area contributed by atoms with Crippen molar-refractivity contribution in [1.82, 2.24) is 9.47 Å². The number of carbonyl (C=O) groups is 2. The standard InChI is InChI=1S/C25H27F3N2O5/c1-14-21(16-5-6-19-15(12-16)4-3-11-35-19)18(13-20(31)32)29(2)23(33)22(14)24(34)30-9-7-17(8-10-30)25(26,27)28/h5-6,12,17H,3-4,7-11,13H2,1-2H3,(H,31,32). The van der Waals surface area contributed by atoms with E-state index >= 15 is 0 Å². The monoisotopic (exact) mass is 492 g/mol. The number of aliphatic carboxylic acids is 1. The van der Waals surface area contributed by atoms with Crippen molar-refractivity contribution in [1.29, 1.82) is 0 Å². The van der Waals surface area contributed by atoms with Crippen molar-refractivity contribution in [2.24, 2.45) is 13.0 Å². The maximum absolute atomic E-state index is 13.4. The molecule has 7 nitrogen and oxygen atoms in total. The average Bonchev–Trinajstić information content (AvgIpc) is 2.81. The van der Waals surface area contributed by atoms with Gasteiger partial charge in [-0.2, -0.15) is 13.2 Å². The molecule has 4 rings (SSSR count). The van der Waals surface area contributed by atoms with Gasteiger partial charge in [0, 0.05) is 31.4 Å². The van der Waals surface area contributed by atoms with Gasteiger partial charge in [-0.05, 0) is 61.4 Å². The molecule has 1 aromatic heterocycles. The van der Waals surface area contributed by atoms with Crippen LogP contribution in [0, 0.1) is 12.8 Å². The zero-order valence-electron chi connectivity index (χ0n) is 19.6. The fourth-order valence-corrected chi connectivity index (χ4v) is 5.03. The molecule has 2 aliphatic rings. The van der Waals surface area contributed by atoms with Gasteiger partial charge in [-0.3, -0.25) is 14.4 Å². The minimum atomic E-state index is -4.32. The first-order valence-corrected chi connectivity index (χ1v) is 11.6. The van der Waals surface area contributed by atoms with Gasteiger partial charge in [0.25, 0.3) is 11.5 Å². The van der Waals surface area contributed by atoms with Crippen molar-refractivity contribution in [2.75, 3.05) is 19.7 Å². The molecule has 2 aromatic rings. The van der Waals surface area contributed by atoms with Crippen molar-refractivity contribution in [3.8, 4) is 16.9 Å². The maximum atomic E-state index is 13.4. The van der Waals surface area contributed by atoms with E-state index in [9.17, 15) is 32.7 Å². The number of aryl methyl sites for hydroxylation is 1. The summed E-state index contributed by atoms with van der Waals surface area (Å²) in [6.45, 7) is 1.99. The topological polar surface area (TPSA) is 88.8 Å². The number of rotatable bonds is 4. The van der Waals surface area contributed by atoms with E-state index in [0.29, 0.717) is 23.3 Å². The summed E-state index contributed by atoms with van der Waals surface area (Å²) in [5.74, 6) is -2.49. The highest BCUT2D eigenvalue weighted by Gasteiger charge is 2.42. The number of halogens is 3. The van der Waals surface area contributed by atoms with Crippen LogP contribution in [0.2, 0.25) is 0 Å². The van der Waals surface area contributed by atoms with Gasteiger partial charge in [-0.1, -0.05) is 6.07 Å². The van der Waals surface area contributed by atoms with E-state index in [-0.39, 0.29) is 37.2 Å². The van der Waals surface area contributed by atoms with Crippen LogP contribution in [0.5, 0.6) is 5.75 Å². The van der Waals surface area contributed by atoms with Gasteiger partial charge in [0.15, 0.2) is 0 Å². The molecule has 0 radical (unpaired) electrons. The number of carbonyl (C=O) groups excluding carboxylic acids is 1. The lowest BCUT2D eigenvalue weighted by molar-refractivity contribution is -0.183. The van der Waals surface area contributed by atoms with Crippen LogP contribution in [0.1, 0.15) is 46.4 Å². The number of hydrogen-bond acceptors (Lipinski definition) is 4. The molecule has 1 amide bonds. The summed E-state index contributed by atoms with van der Waals surface area (Å²) >= 11 is 0. The molecule has 35 heavy (non-hydrogen) atoms. The van der Waals surface area contributed by atoms with Crippen molar-refractivity contribution in [3.63, 3.8) is 0 Å². The van der Waals surface area contributed by atoms with E-state index in [2.05, 4.69) is 0 Å². The van der Waals surface area contributed by atoms with E-state index in [4.69, 9.17) is 4.74 Å². The van der Waals surface area contributed by atoms with Crippen LogP contribution in [-0.4, -0.2) is 52.3 Å². The Kier molecular flexibility index (Phi) is 6.66. The summed E-state index contributed by atoms with van der Waals surface area (Å²) in [5, 5.41) is 9.51. The Morgan fingerprint density at radius 1 is 1.20 bits per heavy atom. The number of amides is 1. The van der Waals surface area contributed by atoms with Crippen LogP contribution in [0.3, 0.4) is 0 Å². The Hall–Kier alpha value is -3.30. The number of piperidine rings is 1. The van der Waals surface area contributed by atoms with Crippen LogP contribution in [0.25, 0.3) is 11.1 Å². The molecule has 1 aromatic carbocycles. The third-order valence-electron chi connectivity index (χ3n) is 6.94. The molecular formula is C25H27F3N2O5. The largest absolute Gasteiger partial charge is 0.493 e. The lowest BCUT2D eigenvalue weighted by atomic mass is 9.90. The number of carboxylic acids is 1. The van der Waals surface area contributed by atoms with Crippen molar-refractivity contribution in [2.45, 2.75) is 45.2 Å². The Bertz CT molecular complexity index is 1230. The molecule has 2 aliphatic heterocycles. The van der Waals surface area contributed by atoms with Crippen molar-refractivity contribution in [3.05, 3.63) is 50.9 Å². The molecule has 0 aliphatic carbocycles. The second kappa shape index (κ2) is 9.39. The van der Waals surface area contributed by atoms with Crippen LogP contribution >= 0.6 is 0 Å². The quantitative estimate of drug-likeness (QED) is 0.703. The molecule has 0 spiro atoms. The van der Waals surface area contributed by atoms with Gasteiger partial charge in [-0.15, -0.1) is 0 Å². The molecule has 0 unspecified atom stereocenters. The zero-order chi connectivity index (χ0) is 25.5. The lowest BCUT2D eigenvalue weighted by Crippen LogP contribution is -2.44. The van der Waals surface area contributed by atoms with Gasteiger partial charge in [-0.25, -0.2) is 0 Å². The zero-order valence-corrected chi connectivity index (χ0v) is 19.6. The number of likely N-dealkylation sites (tertiary alicyclic amines) is 1. The van der Waals surface area contributed by atoms with Gasteiger partial charge in [0.1, 0.15) is 11.3 Å². The minimum absolute atomic E-state index is 0.103. The Morgan fingerprint density at radius 2 is 1.89 bits per heavy atom. The molecule has 10 heteroatoms. The summed E-state index contributed by atoms with van der Waals surface area (Å²) in [4.78, 5) is 39.6. The lowest BCUT2D eigenvalue weighted by Gasteiger charge is -2.33. The second-order valence-electron chi connectivity index (χ2n) is 9.14. The Balaban J connectivity index is 1.80. The Labute approximate surface area is 200 Å². The van der Waals surface area contributed by atoms with E-state index in [0.717, 1.165) is 24.2 Å². The molecule has 0 atom stereocenters.